The predicted octanol–water partition coefficient (Wildman–Crippen LogP) is 3.06. The Bertz CT molecular complexity index is 701. The van der Waals surface area contributed by atoms with E-state index in [1.807, 2.05) is 0 Å². The zero-order chi connectivity index (χ0) is 16.1. The van der Waals surface area contributed by atoms with Crippen molar-refractivity contribution in [2.45, 2.75) is 6.92 Å². The smallest absolute Gasteiger partial charge is 0.269 e. The number of nitro benzene ring substituents is 1. The molecule has 0 fully saturated rings. The molecule has 0 saturated carbocycles. The van der Waals surface area contributed by atoms with E-state index in [2.05, 4.69) is 5.32 Å². The highest BCUT2D eigenvalue weighted by atomic mass is 19.1. The molecule has 22 heavy (non-hydrogen) atoms. The Morgan fingerprint density at radius 2 is 1.95 bits per heavy atom. The van der Waals surface area contributed by atoms with E-state index in [1.54, 1.807) is 6.92 Å². The molecule has 0 aromatic heterocycles. The van der Waals surface area contributed by atoms with Crippen molar-refractivity contribution in [3.63, 3.8) is 0 Å². The van der Waals surface area contributed by atoms with Crippen LogP contribution < -0.4 is 10.1 Å². The fraction of sp³-hybridized carbons (Fsp3) is 0.133. The van der Waals surface area contributed by atoms with E-state index in [4.69, 9.17) is 4.74 Å². The first kappa shape index (κ1) is 15.4. The first-order valence-corrected chi connectivity index (χ1v) is 6.39. The number of non-ortho nitro benzene ring substituents is 1. The zero-order valence-electron chi connectivity index (χ0n) is 11.7. The van der Waals surface area contributed by atoms with Crippen LogP contribution in [-0.4, -0.2) is 17.4 Å². The van der Waals surface area contributed by atoms with E-state index in [9.17, 15) is 19.3 Å². The molecule has 0 atom stereocenters. The van der Waals surface area contributed by atoms with Crippen LogP contribution in [0.5, 0.6) is 5.75 Å². The molecule has 0 aliphatic rings. The molecule has 0 unspecified atom stereocenters. The fourth-order valence-corrected chi connectivity index (χ4v) is 1.77. The number of amides is 1. The third kappa shape index (κ3) is 4.02. The monoisotopic (exact) mass is 304 g/mol. The molecule has 2 aromatic rings. The van der Waals surface area contributed by atoms with Crippen molar-refractivity contribution in [1.82, 2.24) is 0 Å². The Morgan fingerprint density at radius 3 is 2.55 bits per heavy atom. The molecule has 0 saturated heterocycles. The van der Waals surface area contributed by atoms with Gasteiger partial charge in [0.25, 0.3) is 11.6 Å². The zero-order valence-corrected chi connectivity index (χ0v) is 11.7. The fourth-order valence-electron chi connectivity index (χ4n) is 1.77. The lowest BCUT2D eigenvalue weighted by atomic mass is 10.2. The Kier molecular flexibility index (Phi) is 4.67. The van der Waals surface area contributed by atoms with E-state index in [-0.39, 0.29) is 18.1 Å². The number of aryl methyl sites for hydroxylation is 1. The molecule has 0 heterocycles. The number of nitro groups is 1. The average molecular weight is 304 g/mol. The van der Waals surface area contributed by atoms with Crippen molar-refractivity contribution < 1.29 is 18.8 Å². The van der Waals surface area contributed by atoms with Gasteiger partial charge in [-0.1, -0.05) is 0 Å². The minimum atomic E-state index is -0.520. The van der Waals surface area contributed by atoms with Crippen LogP contribution in [0.2, 0.25) is 0 Å². The first-order valence-electron chi connectivity index (χ1n) is 6.39. The summed E-state index contributed by atoms with van der Waals surface area (Å²) in [5, 5.41) is 13.1. The predicted molar refractivity (Wildman–Crippen MR) is 78.4 cm³/mol. The molecule has 1 N–H and O–H groups in total. The summed E-state index contributed by atoms with van der Waals surface area (Å²) in [5.74, 6) is -0.442. The Balaban J connectivity index is 1.91. The van der Waals surface area contributed by atoms with Crippen molar-refractivity contribution in [3.8, 4) is 5.75 Å². The van der Waals surface area contributed by atoms with Gasteiger partial charge in [-0.05, 0) is 42.8 Å². The third-order valence-corrected chi connectivity index (χ3v) is 2.88. The Labute approximate surface area is 125 Å². The molecule has 6 nitrogen and oxygen atoms in total. The molecule has 7 heteroatoms. The number of carbonyl (C=O) groups is 1. The molecule has 0 spiro atoms. The molecule has 1 amide bonds. The van der Waals surface area contributed by atoms with Crippen LogP contribution in [0, 0.1) is 22.9 Å². The molecule has 0 radical (unpaired) electrons. The molecule has 2 rings (SSSR count). The van der Waals surface area contributed by atoms with Gasteiger partial charge in [0, 0.05) is 17.8 Å². The number of ether oxygens (including phenoxy) is 1. The maximum absolute atomic E-state index is 13.0. The van der Waals surface area contributed by atoms with E-state index >= 15 is 0 Å². The SMILES string of the molecule is Cc1cc(F)ccc1NC(=O)COc1ccc([N+](=O)[O-])cc1. The van der Waals surface area contributed by atoms with Gasteiger partial charge in [-0.15, -0.1) is 0 Å². The largest absolute Gasteiger partial charge is 0.484 e. The second kappa shape index (κ2) is 6.66. The quantitative estimate of drug-likeness (QED) is 0.680. The summed E-state index contributed by atoms with van der Waals surface area (Å²) in [6.07, 6.45) is 0. The van der Waals surface area contributed by atoms with Crippen molar-refractivity contribution in [2.24, 2.45) is 0 Å². The van der Waals surface area contributed by atoms with E-state index < -0.39 is 10.8 Å². The summed E-state index contributed by atoms with van der Waals surface area (Å²) < 4.78 is 18.2. The summed E-state index contributed by atoms with van der Waals surface area (Å²) in [6, 6.07) is 9.43. The first-order chi connectivity index (χ1) is 10.5. The van der Waals surface area contributed by atoms with Crippen molar-refractivity contribution in [1.29, 1.82) is 0 Å². The minimum absolute atomic E-state index is 0.0567. The van der Waals surface area contributed by atoms with Crippen molar-refractivity contribution in [3.05, 3.63) is 64.0 Å². The van der Waals surface area contributed by atoms with Crippen LogP contribution in [0.25, 0.3) is 0 Å². The topological polar surface area (TPSA) is 81.5 Å². The maximum atomic E-state index is 13.0. The molecule has 0 aliphatic carbocycles. The van der Waals surface area contributed by atoms with Gasteiger partial charge in [0.1, 0.15) is 11.6 Å². The van der Waals surface area contributed by atoms with Crippen LogP contribution in [0.4, 0.5) is 15.8 Å². The molecule has 0 bridgehead atoms. The Hall–Kier alpha value is -2.96. The molecular formula is C15H13FN2O4. The second-order valence-electron chi connectivity index (χ2n) is 4.55. The van der Waals surface area contributed by atoms with Crippen molar-refractivity contribution >= 4 is 17.3 Å². The van der Waals surface area contributed by atoms with Crippen LogP contribution in [0.15, 0.2) is 42.5 Å². The average Bonchev–Trinajstić information content (AvgIpc) is 2.48. The summed E-state index contributed by atoms with van der Waals surface area (Å²) in [5.41, 5.74) is 1.04. The van der Waals surface area contributed by atoms with Crippen LogP contribution in [0.3, 0.4) is 0 Å². The summed E-state index contributed by atoms with van der Waals surface area (Å²) >= 11 is 0. The number of benzene rings is 2. The maximum Gasteiger partial charge on any atom is 0.269 e. The number of halogens is 1. The molecule has 2 aromatic carbocycles. The summed E-state index contributed by atoms with van der Waals surface area (Å²) in [4.78, 5) is 21.8. The second-order valence-corrected chi connectivity index (χ2v) is 4.55. The van der Waals surface area contributed by atoms with E-state index in [1.165, 1.54) is 42.5 Å². The van der Waals surface area contributed by atoms with Gasteiger partial charge in [-0.25, -0.2) is 4.39 Å². The Morgan fingerprint density at radius 1 is 1.27 bits per heavy atom. The third-order valence-electron chi connectivity index (χ3n) is 2.88. The minimum Gasteiger partial charge on any atom is -0.484 e. The summed E-state index contributed by atoms with van der Waals surface area (Å²) in [7, 11) is 0. The number of hydrogen-bond acceptors (Lipinski definition) is 4. The highest BCUT2D eigenvalue weighted by molar-refractivity contribution is 5.92. The van der Waals surface area contributed by atoms with Crippen LogP contribution >= 0.6 is 0 Å². The summed E-state index contributed by atoms with van der Waals surface area (Å²) in [6.45, 7) is 1.42. The van der Waals surface area contributed by atoms with Gasteiger partial charge < -0.3 is 10.1 Å². The van der Waals surface area contributed by atoms with Crippen LogP contribution in [-0.2, 0) is 4.79 Å². The lowest BCUT2D eigenvalue weighted by molar-refractivity contribution is -0.384. The standard InChI is InChI=1S/C15H13FN2O4/c1-10-8-11(16)2-7-14(10)17-15(19)9-22-13-5-3-12(4-6-13)18(20)21/h2-8H,9H2,1H3,(H,17,19). The van der Waals surface area contributed by atoms with Gasteiger partial charge >= 0.3 is 0 Å². The van der Waals surface area contributed by atoms with Gasteiger partial charge in [-0.3, -0.25) is 14.9 Å². The number of carbonyl (C=O) groups excluding carboxylic acids is 1. The normalized spacial score (nSPS) is 10.1. The van der Waals surface area contributed by atoms with Crippen molar-refractivity contribution in [2.75, 3.05) is 11.9 Å². The highest BCUT2D eigenvalue weighted by Crippen LogP contribution is 2.18. The lowest BCUT2D eigenvalue weighted by Gasteiger charge is -2.09. The number of anilines is 1. The van der Waals surface area contributed by atoms with Gasteiger partial charge in [-0.2, -0.15) is 0 Å². The van der Waals surface area contributed by atoms with E-state index in [0.29, 0.717) is 17.0 Å². The number of nitrogens with zero attached hydrogens (tertiary/aromatic N) is 1. The van der Waals surface area contributed by atoms with Gasteiger partial charge in [0.05, 0.1) is 4.92 Å². The molecular weight excluding hydrogens is 291 g/mol. The van der Waals surface area contributed by atoms with Crippen LogP contribution in [0.1, 0.15) is 5.56 Å². The number of nitrogens with one attached hydrogen (secondary N) is 1. The lowest BCUT2D eigenvalue weighted by Crippen LogP contribution is -2.20. The van der Waals surface area contributed by atoms with Gasteiger partial charge in [0.15, 0.2) is 6.61 Å². The molecule has 0 aliphatic heterocycles. The number of hydrogen-bond donors (Lipinski definition) is 1. The number of rotatable bonds is 5. The van der Waals surface area contributed by atoms with E-state index in [0.717, 1.165) is 0 Å². The highest BCUT2D eigenvalue weighted by Gasteiger charge is 2.08. The molecule has 114 valence electrons. The van der Waals surface area contributed by atoms with Gasteiger partial charge in [0.2, 0.25) is 0 Å².